The number of fused-ring (bicyclic) bond motifs is 1. The van der Waals surface area contributed by atoms with E-state index >= 15 is 0 Å². The number of benzene rings is 2. The lowest BCUT2D eigenvalue weighted by Crippen LogP contribution is -2.15. The molecule has 7 heteroatoms. The molecule has 1 aromatic heterocycles. The maximum Gasteiger partial charge on any atom is 0.271 e. The van der Waals surface area contributed by atoms with Crippen molar-refractivity contribution in [2.45, 2.75) is 44.9 Å². The van der Waals surface area contributed by atoms with Crippen LogP contribution in [0.25, 0.3) is 22.6 Å². The molecular formula is C22H23N3O4. The average Bonchev–Trinajstić information content (AvgIpc) is 3.16. The summed E-state index contributed by atoms with van der Waals surface area (Å²) in [5.74, 6) is 0.955. The van der Waals surface area contributed by atoms with Crippen molar-refractivity contribution in [3.05, 3.63) is 52.6 Å². The van der Waals surface area contributed by atoms with E-state index in [4.69, 9.17) is 4.42 Å². The fourth-order valence-corrected chi connectivity index (χ4v) is 3.95. The van der Waals surface area contributed by atoms with Gasteiger partial charge in [-0.15, -0.1) is 0 Å². The van der Waals surface area contributed by atoms with E-state index in [2.05, 4.69) is 10.3 Å². The van der Waals surface area contributed by atoms with Crippen LogP contribution >= 0.6 is 0 Å². The minimum Gasteiger partial charge on any atom is -0.436 e. The predicted molar refractivity (Wildman–Crippen MR) is 111 cm³/mol. The number of carbonyl (C=O) groups is 1. The first-order valence-corrected chi connectivity index (χ1v) is 10.0. The molecule has 3 aromatic rings. The van der Waals surface area contributed by atoms with Crippen LogP contribution in [0.5, 0.6) is 0 Å². The first-order chi connectivity index (χ1) is 14.1. The third-order valence-corrected chi connectivity index (χ3v) is 5.52. The summed E-state index contributed by atoms with van der Waals surface area (Å²) in [7, 11) is 0. The summed E-state index contributed by atoms with van der Waals surface area (Å²) < 4.78 is 5.78. The SMILES string of the molecule is O=C(CCC1CCCCC1)Nc1ccccc1-c1nc2cc([N+](=O)[O-])ccc2o1. The van der Waals surface area contributed by atoms with Crippen LogP contribution in [-0.4, -0.2) is 15.8 Å². The third kappa shape index (κ3) is 4.45. The molecule has 7 nitrogen and oxygen atoms in total. The van der Waals surface area contributed by atoms with Gasteiger partial charge in [-0.1, -0.05) is 44.2 Å². The molecule has 1 fully saturated rings. The van der Waals surface area contributed by atoms with Gasteiger partial charge in [-0.25, -0.2) is 4.98 Å². The number of amides is 1. The van der Waals surface area contributed by atoms with Crippen LogP contribution in [0.3, 0.4) is 0 Å². The number of oxazole rings is 1. The van der Waals surface area contributed by atoms with Crippen LogP contribution in [0.2, 0.25) is 0 Å². The number of non-ortho nitro benzene ring substituents is 1. The van der Waals surface area contributed by atoms with Crippen molar-refractivity contribution in [1.82, 2.24) is 4.98 Å². The number of nitro benzene ring substituents is 1. The highest BCUT2D eigenvalue weighted by molar-refractivity contribution is 5.95. The van der Waals surface area contributed by atoms with Gasteiger partial charge in [0.2, 0.25) is 11.8 Å². The lowest BCUT2D eigenvalue weighted by Gasteiger charge is -2.21. The van der Waals surface area contributed by atoms with Crippen molar-refractivity contribution >= 4 is 28.4 Å². The molecule has 29 heavy (non-hydrogen) atoms. The Morgan fingerprint density at radius 2 is 1.97 bits per heavy atom. The van der Waals surface area contributed by atoms with Crippen LogP contribution < -0.4 is 5.32 Å². The van der Waals surface area contributed by atoms with E-state index in [0.717, 1.165) is 6.42 Å². The summed E-state index contributed by atoms with van der Waals surface area (Å²) in [6, 6.07) is 11.6. The quantitative estimate of drug-likeness (QED) is 0.428. The highest BCUT2D eigenvalue weighted by Gasteiger charge is 2.18. The highest BCUT2D eigenvalue weighted by atomic mass is 16.6. The smallest absolute Gasteiger partial charge is 0.271 e. The summed E-state index contributed by atoms with van der Waals surface area (Å²) in [6.45, 7) is 0. The zero-order valence-electron chi connectivity index (χ0n) is 16.1. The van der Waals surface area contributed by atoms with Crippen molar-refractivity contribution in [3.63, 3.8) is 0 Å². The number of rotatable bonds is 6. The minimum absolute atomic E-state index is 0.0187. The van der Waals surface area contributed by atoms with Crippen molar-refractivity contribution in [2.75, 3.05) is 5.32 Å². The van der Waals surface area contributed by atoms with E-state index in [-0.39, 0.29) is 11.6 Å². The minimum atomic E-state index is -0.464. The molecule has 1 aliphatic rings. The number of aromatic nitrogens is 1. The summed E-state index contributed by atoms with van der Waals surface area (Å²) in [5, 5.41) is 13.9. The number of nitrogens with one attached hydrogen (secondary N) is 1. The van der Waals surface area contributed by atoms with Crippen molar-refractivity contribution in [2.24, 2.45) is 5.92 Å². The number of hydrogen-bond acceptors (Lipinski definition) is 5. The largest absolute Gasteiger partial charge is 0.436 e. The number of nitrogens with zero attached hydrogens (tertiary/aromatic N) is 2. The number of nitro groups is 1. The van der Waals surface area contributed by atoms with Crippen LogP contribution in [0.4, 0.5) is 11.4 Å². The van der Waals surface area contributed by atoms with Crippen molar-refractivity contribution in [3.8, 4) is 11.5 Å². The second-order valence-electron chi connectivity index (χ2n) is 7.56. The fraction of sp³-hybridized carbons (Fsp3) is 0.364. The molecule has 0 atom stereocenters. The lowest BCUT2D eigenvalue weighted by molar-refractivity contribution is -0.384. The molecule has 0 radical (unpaired) electrons. The van der Waals surface area contributed by atoms with Crippen LogP contribution in [0, 0.1) is 16.0 Å². The van der Waals surface area contributed by atoms with Crippen molar-refractivity contribution < 1.29 is 14.1 Å². The molecule has 4 rings (SSSR count). The van der Waals surface area contributed by atoms with E-state index in [9.17, 15) is 14.9 Å². The molecule has 0 unspecified atom stereocenters. The Morgan fingerprint density at radius 1 is 1.17 bits per heavy atom. The van der Waals surface area contributed by atoms with Gasteiger partial charge in [0.15, 0.2) is 5.58 Å². The summed E-state index contributed by atoms with van der Waals surface area (Å²) in [5.41, 5.74) is 2.11. The Balaban J connectivity index is 1.51. The molecule has 1 amide bonds. The summed E-state index contributed by atoms with van der Waals surface area (Å²) in [4.78, 5) is 27.4. The van der Waals surface area contributed by atoms with Gasteiger partial charge in [0, 0.05) is 18.6 Å². The van der Waals surface area contributed by atoms with Gasteiger partial charge < -0.3 is 9.73 Å². The maximum absolute atomic E-state index is 12.5. The number of para-hydroxylation sites is 1. The Labute approximate surface area is 168 Å². The number of carbonyl (C=O) groups excluding carboxylic acids is 1. The second kappa shape index (κ2) is 8.43. The number of anilines is 1. The van der Waals surface area contributed by atoms with Crippen molar-refractivity contribution in [1.29, 1.82) is 0 Å². The van der Waals surface area contributed by atoms with Gasteiger partial charge in [-0.3, -0.25) is 14.9 Å². The first-order valence-electron chi connectivity index (χ1n) is 10.0. The van der Waals surface area contributed by atoms with E-state index in [1.165, 1.54) is 50.3 Å². The maximum atomic E-state index is 12.5. The second-order valence-corrected chi connectivity index (χ2v) is 7.56. The topological polar surface area (TPSA) is 98.3 Å². The van der Waals surface area contributed by atoms with Gasteiger partial charge in [0.25, 0.3) is 5.69 Å². The Bertz CT molecular complexity index is 1040. The molecule has 1 N–H and O–H groups in total. The predicted octanol–water partition coefficient (Wildman–Crippen LogP) is 5.70. The normalized spacial score (nSPS) is 14.8. The van der Waals surface area contributed by atoms with Crippen LogP contribution in [0.15, 0.2) is 46.9 Å². The van der Waals surface area contributed by atoms with Gasteiger partial charge in [-0.05, 0) is 30.5 Å². The standard InChI is InChI=1S/C22H23N3O4/c26-21(13-10-15-6-2-1-3-7-15)23-18-9-5-4-8-17(18)22-24-19-14-16(25(27)28)11-12-20(19)29-22/h4-5,8-9,11-12,14-15H,1-3,6-7,10,13H2,(H,23,26). The molecule has 0 saturated heterocycles. The molecule has 1 aliphatic carbocycles. The molecule has 2 aromatic carbocycles. The molecule has 0 spiro atoms. The molecule has 1 saturated carbocycles. The fourth-order valence-electron chi connectivity index (χ4n) is 3.95. The molecule has 0 bridgehead atoms. The van der Waals surface area contributed by atoms with E-state index in [1.807, 2.05) is 24.3 Å². The molecule has 0 aliphatic heterocycles. The zero-order valence-corrected chi connectivity index (χ0v) is 16.1. The Morgan fingerprint density at radius 3 is 2.76 bits per heavy atom. The Kier molecular flexibility index (Phi) is 5.55. The molecule has 150 valence electrons. The molecular weight excluding hydrogens is 370 g/mol. The van der Waals surface area contributed by atoms with Gasteiger partial charge >= 0.3 is 0 Å². The van der Waals surface area contributed by atoms with E-state index in [1.54, 1.807) is 0 Å². The van der Waals surface area contributed by atoms with E-state index in [0.29, 0.717) is 40.6 Å². The van der Waals surface area contributed by atoms with Gasteiger partial charge in [0.05, 0.1) is 16.2 Å². The Hall–Kier alpha value is -3.22. The summed E-state index contributed by atoms with van der Waals surface area (Å²) >= 11 is 0. The highest BCUT2D eigenvalue weighted by Crippen LogP contribution is 2.32. The van der Waals surface area contributed by atoms with Crippen LogP contribution in [0.1, 0.15) is 44.9 Å². The van der Waals surface area contributed by atoms with Gasteiger partial charge in [0.1, 0.15) is 5.52 Å². The molecule has 1 heterocycles. The first kappa shape index (κ1) is 19.1. The monoisotopic (exact) mass is 393 g/mol. The summed E-state index contributed by atoms with van der Waals surface area (Å²) in [6.07, 6.45) is 7.71. The third-order valence-electron chi connectivity index (χ3n) is 5.52. The number of hydrogen-bond donors (Lipinski definition) is 1. The average molecular weight is 393 g/mol. The lowest BCUT2D eigenvalue weighted by atomic mass is 9.86. The van der Waals surface area contributed by atoms with Gasteiger partial charge in [-0.2, -0.15) is 0 Å². The van der Waals surface area contributed by atoms with E-state index < -0.39 is 4.92 Å². The zero-order chi connectivity index (χ0) is 20.2. The van der Waals surface area contributed by atoms with Crippen LogP contribution in [-0.2, 0) is 4.79 Å².